The number of aliphatic hydroxyl groups is 1. The third kappa shape index (κ3) is 3.40. The number of carbonyl (C=O) groups is 2. The number of anilines is 1. The van der Waals surface area contributed by atoms with Crippen LogP contribution in [0.15, 0.2) is 64.0 Å². The molecule has 1 aromatic heterocycles. The highest BCUT2D eigenvalue weighted by molar-refractivity contribution is 9.10. The van der Waals surface area contributed by atoms with Gasteiger partial charge in [0.05, 0.1) is 5.57 Å². The average molecular weight is 482 g/mol. The second kappa shape index (κ2) is 7.85. The van der Waals surface area contributed by atoms with E-state index in [1.54, 1.807) is 12.1 Å². The zero-order valence-corrected chi connectivity index (χ0v) is 19.2. The number of rotatable bonds is 3. The molecule has 1 unspecified atom stereocenters. The van der Waals surface area contributed by atoms with Gasteiger partial charge in [-0.2, -0.15) is 0 Å². The van der Waals surface area contributed by atoms with E-state index in [4.69, 9.17) is 0 Å². The van der Waals surface area contributed by atoms with Crippen molar-refractivity contribution in [2.24, 2.45) is 0 Å². The molecule has 0 radical (unpaired) electrons. The molecule has 4 nitrogen and oxygen atoms in total. The molecular formula is C24H20BrNO3S. The van der Waals surface area contributed by atoms with Crippen molar-refractivity contribution in [2.75, 3.05) is 4.90 Å². The molecule has 1 aliphatic rings. The smallest absolute Gasteiger partial charge is 0.300 e. The zero-order chi connectivity index (χ0) is 21.6. The number of carbonyl (C=O) groups excluding carboxylic acids is 2. The first-order chi connectivity index (χ1) is 14.3. The van der Waals surface area contributed by atoms with Gasteiger partial charge in [0.2, 0.25) is 0 Å². The second-order valence-electron chi connectivity index (χ2n) is 7.44. The molecule has 3 aromatic rings. The molecular weight excluding hydrogens is 462 g/mol. The van der Waals surface area contributed by atoms with E-state index in [0.29, 0.717) is 11.3 Å². The third-order valence-corrected chi connectivity index (χ3v) is 7.30. The lowest BCUT2D eigenvalue weighted by Gasteiger charge is -2.25. The molecule has 2 aromatic carbocycles. The van der Waals surface area contributed by atoms with Gasteiger partial charge in [0, 0.05) is 20.6 Å². The lowest BCUT2D eigenvalue weighted by Crippen LogP contribution is -2.29. The number of aliphatic hydroxyl groups excluding tert-OH is 1. The summed E-state index contributed by atoms with van der Waals surface area (Å²) in [5.41, 5.74) is 4.22. The van der Waals surface area contributed by atoms with Gasteiger partial charge in [0.1, 0.15) is 11.8 Å². The van der Waals surface area contributed by atoms with Crippen LogP contribution in [0.4, 0.5) is 5.69 Å². The highest BCUT2D eigenvalue weighted by Gasteiger charge is 2.47. The van der Waals surface area contributed by atoms with E-state index in [0.717, 1.165) is 26.0 Å². The Morgan fingerprint density at radius 2 is 1.70 bits per heavy atom. The van der Waals surface area contributed by atoms with E-state index in [-0.39, 0.29) is 11.3 Å². The summed E-state index contributed by atoms with van der Waals surface area (Å²) in [5, 5.41) is 13.1. The van der Waals surface area contributed by atoms with E-state index in [2.05, 4.69) is 15.9 Å². The molecule has 0 aliphatic carbocycles. The minimum absolute atomic E-state index is 0.118. The molecule has 1 fully saturated rings. The van der Waals surface area contributed by atoms with Crippen LogP contribution in [0.2, 0.25) is 0 Å². The van der Waals surface area contributed by atoms with Gasteiger partial charge < -0.3 is 5.11 Å². The summed E-state index contributed by atoms with van der Waals surface area (Å²) >= 11 is 4.93. The maximum atomic E-state index is 13.1. The van der Waals surface area contributed by atoms with Crippen LogP contribution in [-0.2, 0) is 9.59 Å². The quantitative estimate of drug-likeness (QED) is 0.280. The molecule has 30 heavy (non-hydrogen) atoms. The van der Waals surface area contributed by atoms with Crippen LogP contribution in [0.3, 0.4) is 0 Å². The molecule has 1 atom stereocenters. The molecule has 0 spiro atoms. The van der Waals surface area contributed by atoms with Crippen LogP contribution in [-0.4, -0.2) is 16.8 Å². The van der Waals surface area contributed by atoms with E-state index in [1.807, 2.05) is 62.5 Å². The summed E-state index contributed by atoms with van der Waals surface area (Å²) in [6, 6.07) is 14.1. The first-order valence-electron chi connectivity index (χ1n) is 9.47. The fourth-order valence-corrected chi connectivity index (χ4v) is 4.94. The monoisotopic (exact) mass is 481 g/mol. The predicted molar refractivity (Wildman–Crippen MR) is 124 cm³/mol. The van der Waals surface area contributed by atoms with Crippen molar-refractivity contribution in [1.82, 2.24) is 0 Å². The number of benzene rings is 2. The van der Waals surface area contributed by atoms with Gasteiger partial charge in [-0.1, -0.05) is 39.7 Å². The number of Topliss-reactive ketones (excluding diaryl/α,β-unsaturated/α-hetero) is 1. The van der Waals surface area contributed by atoms with Crippen molar-refractivity contribution in [3.63, 3.8) is 0 Å². The molecule has 152 valence electrons. The van der Waals surface area contributed by atoms with E-state index in [1.165, 1.54) is 16.2 Å². The van der Waals surface area contributed by atoms with Gasteiger partial charge in [-0.3, -0.25) is 14.5 Å². The van der Waals surface area contributed by atoms with Crippen LogP contribution in [0, 0.1) is 20.8 Å². The lowest BCUT2D eigenvalue weighted by atomic mass is 9.97. The van der Waals surface area contributed by atoms with E-state index >= 15 is 0 Å². The average Bonchev–Trinajstić information content (AvgIpc) is 3.25. The van der Waals surface area contributed by atoms with Crippen LogP contribution in [0.5, 0.6) is 0 Å². The molecule has 1 amide bonds. The molecule has 1 saturated heterocycles. The summed E-state index contributed by atoms with van der Waals surface area (Å²) < 4.78 is 0.907. The van der Waals surface area contributed by atoms with Crippen LogP contribution in [0.25, 0.3) is 5.76 Å². The van der Waals surface area contributed by atoms with Gasteiger partial charge in [-0.05, 0) is 67.6 Å². The van der Waals surface area contributed by atoms with Crippen molar-refractivity contribution in [1.29, 1.82) is 0 Å². The predicted octanol–water partition coefficient (Wildman–Crippen LogP) is 6.06. The summed E-state index contributed by atoms with van der Waals surface area (Å²) in [6.07, 6.45) is 0. The number of amides is 1. The van der Waals surface area contributed by atoms with Crippen LogP contribution >= 0.6 is 27.3 Å². The normalized spacial score (nSPS) is 18.3. The van der Waals surface area contributed by atoms with Crippen molar-refractivity contribution >= 4 is 50.4 Å². The maximum absolute atomic E-state index is 13.1. The molecule has 1 N–H and O–H groups in total. The zero-order valence-electron chi connectivity index (χ0n) is 16.8. The highest BCUT2D eigenvalue weighted by atomic mass is 79.9. The number of ketones is 1. The van der Waals surface area contributed by atoms with Crippen molar-refractivity contribution in [2.45, 2.75) is 26.8 Å². The lowest BCUT2D eigenvalue weighted by molar-refractivity contribution is -0.132. The van der Waals surface area contributed by atoms with Gasteiger partial charge in [0.15, 0.2) is 0 Å². The van der Waals surface area contributed by atoms with Gasteiger partial charge in [-0.15, -0.1) is 11.3 Å². The summed E-state index contributed by atoms with van der Waals surface area (Å²) in [4.78, 5) is 28.6. The maximum Gasteiger partial charge on any atom is 0.300 e. The fourth-order valence-electron chi connectivity index (χ4n) is 3.66. The van der Waals surface area contributed by atoms with Gasteiger partial charge in [0.25, 0.3) is 11.7 Å². The standard InChI is InChI=1S/C24H20BrNO3S/c1-13-4-7-17(8-5-13)26-20(23-14(2)10-11-30-23)19(22(28)24(26)29)21(27)16-6-9-18(25)15(3)12-16/h4-12,20,27H,1-3H3/b21-19-. The Labute approximate surface area is 187 Å². The number of halogens is 1. The minimum Gasteiger partial charge on any atom is -0.507 e. The molecule has 4 rings (SSSR count). The van der Waals surface area contributed by atoms with Gasteiger partial charge in [-0.25, -0.2) is 0 Å². The van der Waals surface area contributed by atoms with Crippen molar-refractivity contribution in [3.8, 4) is 0 Å². The topological polar surface area (TPSA) is 57.6 Å². The summed E-state index contributed by atoms with van der Waals surface area (Å²) in [7, 11) is 0. The second-order valence-corrected chi connectivity index (χ2v) is 9.24. The first-order valence-corrected chi connectivity index (χ1v) is 11.1. The highest BCUT2D eigenvalue weighted by Crippen LogP contribution is 2.44. The van der Waals surface area contributed by atoms with Gasteiger partial charge >= 0.3 is 0 Å². The molecule has 2 heterocycles. The largest absolute Gasteiger partial charge is 0.507 e. The third-order valence-electron chi connectivity index (χ3n) is 5.34. The molecule has 0 saturated carbocycles. The Morgan fingerprint density at radius 3 is 2.30 bits per heavy atom. The fraction of sp³-hybridized carbons (Fsp3) is 0.167. The Bertz CT molecular complexity index is 1190. The summed E-state index contributed by atoms with van der Waals surface area (Å²) in [5.74, 6) is -1.46. The Hall–Kier alpha value is -2.70. The number of hydrogen-bond donors (Lipinski definition) is 1. The van der Waals surface area contributed by atoms with E-state index < -0.39 is 17.7 Å². The van der Waals surface area contributed by atoms with Crippen LogP contribution < -0.4 is 4.90 Å². The van der Waals surface area contributed by atoms with E-state index in [9.17, 15) is 14.7 Å². The minimum atomic E-state index is -0.675. The Morgan fingerprint density at radius 1 is 1.00 bits per heavy atom. The Kier molecular flexibility index (Phi) is 5.38. The Balaban J connectivity index is 1.95. The van der Waals surface area contributed by atoms with Crippen molar-refractivity contribution in [3.05, 3.63) is 91.1 Å². The molecule has 6 heteroatoms. The summed E-state index contributed by atoms with van der Waals surface area (Å²) in [6.45, 7) is 5.83. The number of thiophene rings is 1. The number of aryl methyl sites for hydroxylation is 3. The molecule has 1 aliphatic heterocycles. The number of nitrogens with zero attached hydrogens (tertiary/aromatic N) is 1. The van der Waals surface area contributed by atoms with Crippen molar-refractivity contribution < 1.29 is 14.7 Å². The number of hydrogen-bond acceptors (Lipinski definition) is 4. The molecule has 0 bridgehead atoms. The van der Waals surface area contributed by atoms with Crippen LogP contribution in [0.1, 0.15) is 33.2 Å². The SMILES string of the molecule is Cc1ccc(N2C(=O)C(=O)/C(=C(\O)c3ccc(Br)c(C)c3)C2c2sccc2C)cc1. The first kappa shape index (κ1) is 20.6.